The summed E-state index contributed by atoms with van der Waals surface area (Å²) in [7, 11) is 0. The topological polar surface area (TPSA) is 30.5 Å². The van der Waals surface area contributed by atoms with Crippen LogP contribution in [0.15, 0.2) is 48.5 Å². The van der Waals surface area contributed by atoms with E-state index in [1.807, 2.05) is 6.07 Å². The highest BCUT2D eigenvalue weighted by atomic mass is 16.5. The van der Waals surface area contributed by atoms with E-state index in [-0.39, 0.29) is 0 Å². The van der Waals surface area contributed by atoms with Crippen molar-refractivity contribution in [1.82, 2.24) is 0 Å². The molecule has 0 amide bonds. The van der Waals surface area contributed by atoms with Gasteiger partial charge in [-0.3, -0.25) is 0 Å². The van der Waals surface area contributed by atoms with Gasteiger partial charge in [-0.15, -0.1) is 0 Å². The van der Waals surface area contributed by atoms with Gasteiger partial charge in [-0.05, 0) is 49.1 Å². The Bertz CT molecular complexity index is 707. The number of benzene rings is 2. The summed E-state index contributed by atoms with van der Waals surface area (Å²) in [6, 6.07) is 16.7. The van der Waals surface area contributed by atoms with Gasteiger partial charge in [0.05, 0.1) is 13.2 Å². The van der Waals surface area contributed by atoms with Crippen LogP contribution >= 0.6 is 0 Å². The molecule has 3 nitrogen and oxygen atoms in total. The fourth-order valence-electron chi connectivity index (χ4n) is 4.19. The molecule has 1 saturated carbocycles. The predicted octanol–water partition coefficient (Wildman–Crippen LogP) is 7.61. The summed E-state index contributed by atoms with van der Waals surface area (Å²) in [5.74, 6) is 2.82. The van der Waals surface area contributed by atoms with Crippen LogP contribution in [-0.4, -0.2) is 13.2 Å². The Morgan fingerprint density at radius 2 is 1.63 bits per heavy atom. The average molecular weight is 410 g/mol. The van der Waals surface area contributed by atoms with Gasteiger partial charge >= 0.3 is 0 Å². The molecule has 0 radical (unpaired) electrons. The van der Waals surface area contributed by atoms with Crippen molar-refractivity contribution in [3.63, 3.8) is 0 Å². The normalized spacial score (nSPS) is 14.4. The Labute approximate surface area is 183 Å². The zero-order valence-corrected chi connectivity index (χ0v) is 18.7. The molecule has 3 heteroatoms. The molecule has 2 aromatic carbocycles. The van der Waals surface area contributed by atoms with Crippen LogP contribution in [0, 0.1) is 5.92 Å². The molecule has 1 aliphatic carbocycles. The van der Waals surface area contributed by atoms with Gasteiger partial charge in [0.1, 0.15) is 11.5 Å². The van der Waals surface area contributed by atoms with Crippen LogP contribution in [0.5, 0.6) is 11.5 Å². The fraction of sp³-hybridized carbons (Fsp3) is 0.556. The number of hydrogen-bond acceptors (Lipinski definition) is 3. The summed E-state index contributed by atoms with van der Waals surface area (Å²) in [6.45, 7) is 4.62. The van der Waals surface area contributed by atoms with Crippen molar-refractivity contribution < 1.29 is 9.47 Å². The Morgan fingerprint density at radius 1 is 0.833 bits per heavy atom. The number of rotatable bonds is 13. The lowest BCUT2D eigenvalue weighted by molar-refractivity contribution is 0.246. The zero-order chi connectivity index (χ0) is 20.9. The molecule has 30 heavy (non-hydrogen) atoms. The Morgan fingerprint density at radius 3 is 2.43 bits per heavy atom. The third-order valence-electron chi connectivity index (χ3n) is 6.08. The first-order valence-corrected chi connectivity index (χ1v) is 12.0. The van der Waals surface area contributed by atoms with Crippen molar-refractivity contribution in [1.29, 1.82) is 0 Å². The molecule has 2 aromatic rings. The molecule has 0 bridgehead atoms. The molecule has 0 aromatic heterocycles. The summed E-state index contributed by atoms with van der Waals surface area (Å²) in [5.41, 5.74) is 2.30. The van der Waals surface area contributed by atoms with E-state index in [9.17, 15) is 0 Å². The van der Waals surface area contributed by atoms with Crippen molar-refractivity contribution in [3.8, 4) is 11.5 Å². The number of para-hydroxylation sites is 1. The van der Waals surface area contributed by atoms with Crippen LogP contribution in [0.4, 0.5) is 5.69 Å². The maximum atomic E-state index is 6.03. The van der Waals surface area contributed by atoms with Gasteiger partial charge in [-0.2, -0.15) is 0 Å². The second-order valence-corrected chi connectivity index (χ2v) is 8.54. The van der Waals surface area contributed by atoms with Crippen molar-refractivity contribution in [2.24, 2.45) is 5.92 Å². The van der Waals surface area contributed by atoms with E-state index in [4.69, 9.17) is 9.47 Å². The standard InChI is InChI=1S/C27H39NO2/c1-2-3-4-10-20-30-27-14-9-8-13-24(27)22-28-25-15-17-26(18-16-25)29-21-19-23-11-6-5-7-12-23/h8-9,13-18,23,28H,2-7,10-12,19-22H2,1H3. The number of unbranched alkanes of at least 4 members (excludes halogenated alkanes) is 3. The molecule has 0 aliphatic heterocycles. The second kappa shape index (κ2) is 13.2. The fourth-order valence-corrected chi connectivity index (χ4v) is 4.19. The van der Waals surface area contributed by atoms with E-state index in [0.717, 1.165) is 49.3 Å². The third kappa shape index (κ3) is 7.93. The first-order chi connectivity index (χ1) is 14.8. The summed E-state index contributed by atoms with van der Waals surface area (Å²) in [4.78, 5) is 0. The third-order valence-corrected chi connectivity index (χ3v) is 6.08. The van der Waals surface area contributed by atoms with Gasteiger partial charge in [0.2, 0.25) is 0 Å². The molecule has 0 atom stereocenters. The predicted molar refractivity (Wildman–Crippen MR) is 127 cm³/mol. The lowest BCUT2D eigenvalue weighted by Gasteiger charge is -2.21. The first kappa shape index (κ1) is 22.5. The van der Waals surface area contributed by atoms with Gasteiger partial charge in [0.25, 0.3) is 0 Å². The monoisotopic (exact) mass is 409 g/mol. The van der Waals surface area contributed by atoms with E-state index in [0.29, 0.717) is 0 Å². The minimum atomic E-state index is 0.757. The summed E-state index contributed by atoms with van der Waals surface area (Å²) in [6.07, 6.45) is 13.1. The minimum absolute atomic E-state index is 0.757. The van der Waals surface area contributed by atoms with Crippen molar-refractivity contribution in [3.05, 3.63) is 54.1 Å². The molecular weight excluding hydrogens is 370 g/mol. The number of hydrogen-bond donors (Lipinski definition) is 1. The molecule has 0 spiro atoms. The second-order valence-electron chi connectivity index (χ2n) is 8.54. The van der Waals surface area contributed by atoms with E-state index in [1.54, 1.807) is 0 Å². The van der Waals surface area contributed by atoms with Crippen LogP contribution in [0.1, 0.15) is 76.7 Å². The van der Waals surface area contributed by atoms with Crippen LogP contribution in [0.2, 0.25) is 0 Å². The zero-order valence-electron chi connectivity index (χ0n) is 18.7. The highest BCUT2D eigenvalue weighted by molar-refractivity contribution is 5.47. The lowest BCUT2D eigenvalue weighted by atomic mass is 9.87. The molecule has 1 N–H and O–H groups in total. The van der Waals surface area contributed by atoms with Gasteiger partial charge in [0.15, 0.2) is 0 Å². The highest BCUT2D eigenvalue weighted by Gasteiger charge is 2.13. The highest BCUT2D eigenvalue weighted by Crippen LogP contribution is 2.27. The van der Waals surface area contributed by atoms with E-state index in [2.05, 4.69) is 54.7 Å². The Hall–Kier alpha value is -2.16. The van der Waals surface area contributed by atoms with Crippen LogP contribution in [-0.2, 0) is 6.54 Å². The lowest BCUT2D eigenvalue weighted by Crippen LogP contribution is -2.10. The molecule has 1 fully saturated rings. The van der Waals surface area contributed by atoms with Gasteiger partial charge in [-0.25, -0.2) is 0 Å². The van der Waals surface area contributed by atoms with Crippen LogP contribution < -0.4 is 14.8 Å². The van der Waals surface area contributed by atoms with Gasteiger partial charge < -0.3 is 14.8 Å². The van der Waals surface area contributed by atoms with E-state index < -0.39 is 0 Å². The SMILES string of the molecule is CCCCCCOc1ccccc1CNc1ccc(OCCC2CCCCC2)cc1. The van der Waals surface area contributed by atoms with Crippen molar-refractivity contribution in [2.75, 3.05) is 18.5 Å². The van der Waals surface area contributed by atoms with E-state index in [1.165, 1.54) is 63.4 Å². The van der Waals surface area contributed by atoms with Crippen molar-refractivity contribution >= 4 is 5.69 Å². The summed E-state index contributed by atoms with van der Waals surface area (Å²) < 4.78 is 12.0. The molecule has 3 rings (SSSR count). The molecule has 0 heterocycles. The minimum Gasteiger partial charge on any atom is -0.494 e. The number of ether oxygens (including phenoxy) is 2. The van der Waals surface area contributed by atoms with Crippen molar-refractivity contribution in [2.45, 2.75) is 77.7 Å². The molecule has 1 aliphatic rings. The van der Waals surface area contributed by atoms with Crippen LogP contribution in [0.25, 0.3) is 0 Å². The maximum Gasteiger partial charge on any atom is 0.124 e. The molecule has 0 unspecified atom stereocenters. The van der Waals surface area contributed by atoms with Crippen LogP contribution in [0.3, 0.4) is 0 Å². The Balaban J connectivity index is 1.40. The maximum absolute atomic E-state index is 6.03. The first-order valence-electron chi connectivity index (χ1n) is 12.0. The smallest absolute Gasteiger partial charge is 0.124 e. The Kier molecular flexibility index (Phi) is 9.91. The quantitative estimate of drug-likeness (QED) is 0.345. The number of nitrogens with one attached hydrogen (secondary N) is 1. The van der Waals surface area contributed by atoms with Gasteiger partial charge in [0, 0.05) is 17.8 Å². The summed E-state index contributed by atoms with van der Waals surface area (Å²) >= 11 is 0. The average Bonchev–Trinajstić information content (AvgIpc) is 2.80. The molecule has 164 valence electrons. The number of anilines is 1. The van der Waals surface area contributed by atoms with Gasteiger partial charge in [-0.1, -0.05) is 76.5 Å². The van der Waals surface area contributed by atoms with E-state index >= 15 is 0 Å². The largest absolute Gasteiger partial charge is 0.494 e. The molecule has 0 saturated heterocycles. The molecular formula is C27H39NO2. The summed E-state index contributed by atoms with van der Waals surface area (Å²) in [5, 5.41) is 3.51.